The van der Waals surface area contributed by atoms with Gasteiger partial charge in [0.1, 0.15) is 11.7 Å². The van der Waals surface area contributed by atoms with Crippen LogP contribution in [0.5, 0.6) is 0 Å². The summed E-state index contributed by atoms with van der Waals surface area (Å²) in [5, 5.41) is 17.2. The van der Waals surface area contributed by atoms with Gasteiger partial charge in [-0.3, -0.25) is 10.3 Å². The lowest BCUT2D eigenvalue weighted by Gasteiger charge is -2.34. The zero-order valence-electron chi connectivity index (χ0n) is 11.1. The van der Waals surface area contributed by atoms with Crippen LogP contribution < -0.4 is 5.73 Å². The molecule has 2 atom stereocenters. The molecule has 1 aliphatic heterocycles. The van der Waals surface area contributed by atoms with E-state index in [1.807, 2.05) is 6.92 Å². The van der Waals surface area contributed by atoms with Crippen LogP contribution in [0.15, 0.2) is 18.2 Å². The Morgan fingerprint density at radius 1 is 1.53 bits per heavy atom. The highest BCUT2D eigenvalue weighted by molar-refractivity contribution is 5.95. The molecular formula is C14H20FN3O. The number of aliphatic hydroxyl groups is 1. The second kappa shape index (κ2) is 5.67. The van der Waals surface area contributed by atoms with Crippen molar-refractivity contribution in [2.24, 2.45) is 11.7 Å². The highest BCUT2D eigenvalue weighted by Crippen LogP contribution is 2.19. The Balaban J connectivity index is 2.09. The summed E-state index contributed by atoms with van der Waals surface area (Å²) < 4.78 is 13.5. The standard InChI is InChI=1S/C14H20FN3O/c1-9-2-3-18(8-13(9)19)7-10-4-11(14(16)17)6-12(15)5-10/h4-6,9,13,19H,2-3,7-8H2,1H3,(H3,16,17). The van der Waals surface area contributed by atoms with Crippen molar-refractivity contribution in [1.82, 2.24) is 4.90 Å². The number of nitrogen functional groups attached to an aromatic ring is 1. The van der Waals surface area contributed by atoms with Crippen LogP contribution in [-0.2, 0) is 6.54 Å². The van der Waals surface area contributed by atoms with Gasteiger partial charge in [0.15, 0.2) is 0 Å². The van der Waals surface area contributed by atoms with Gasteiger partial charge in [0.05, 0.1) is 6.10 Å². The lowest BCUT2D eigenvalue weighted by atomic mass is 9.95. The van der Waals surface area contributed by atoms with Crippen molar-refractivity contribution in [3.63, 3.8) is 0 Å². The van der Waals surface area contributed by atoms with Crippen LogP contribution in [0.1, 0.15) is 24.5 Å². The van der Waals surface area contributed by atoms with Crippen LogP contribution in [0.25, 0.3) is 0 Å². The van der Waals surface area contributed by atoms with Crippen LogP contribution >= 0.6 is 0 Å². The first-order chi connectivity index (χ1) is 8.95. The highest BCUT2D eigenvalue weighted by Gasteiger charge is 2.24. The smallest absolute Gasteiger partial charge is 0.124 e. The minimum absolute atomic E-state index is 0.131. The number of nitrogens with one attached hydrogen (secondary N) is 1. The molecule has 0 spiro atoms. The van der Waals surface area contributed by atoms with E-state index in [0.29, 0.717) is 24.6 Å². The number of nitrogens with zero attached hydrogens (tertiary/aromatic N) is 1. The number of hydrogen-bond donors (Lipinski definition) is 3. The zero-order valence-corrected chi connectivity index (χ0v) is 11.1. The summed E-state index contributed by atoms with van der Waals surface area (Å²) >= 11 is 0. The fraction of sp³-hybridized carbons (Fsp3) is 0.500. The van der Waals surface area contributed by atoms with Crippen molar-refractivity contribution in [3.8, 4) is 0 Å². The molecule has 0 aromatic heterocycles. The first kappa shape index (κ1) is 14.0. The van der Waals surface area contributed by atoms with Crippen LogP contribution in [0, 0.1) is 17.1 Å². The van der Waals surface area contributed by atoms with E-state index in [9.17, 15) is 9.50 Å². The molecule has 1 saturated heterocycles. The molecule has 0 radical (unpaired) electrons. The summed E-state index contributed by atoms with van der Waals surface area (Å²) in [4.78, 5) is 2.10. The van der Waals surface area contributed by atoms with E-state index in [2.05, 4.69) is 4.90 Å². The summed E-state index contributed by atoms with van der Waals surface area (Å²) in [6, 6.07) is 4.45. The molecule has 4 N–H and O–H groups in total. The molecule has 4 nitrogen and oxygen atoms in total. The number of β-amino-alcohol motifs (C(OH)–C–C–N with tert-alkyl or cyclic N) is 1. The van der Waals surface area contributed by atoms with Gasteiger partial charge in [-0.2, -0.15) is 0 Å². The first-order valence-electron chi connectivity index (χ1n) is 6.50. The normalized spacial score (nSPS) is 24.4. The van der Waals surface area contributed by atoms with Crippen molar-refractivity contribution >= 4 is 5.84 Å². The van der Waals surface area contributed by atoms with E-state index in [1.54, 1.807) is 6.07 Å². The molecule has 2 unspecified atom stereocenters. The number of aliphatic hydroxyl groups excluding tert-OH is 1. The molecule has 1 aliphatic rings. The highest BCUT2D eigenvalue weighted by atomic mass is 19.1. The fourth-order valence-corrected chi connectivity index (χ4v) is 2.41. The van der Waals surface area contributed by atoms with Gasteiger partial charge in [-0.25, -0.2) is 4.39 Å². The summed E-state index contributed by atoms with van der Waals surface area (Å²) in [6.45, 7) is 4.11. The summed E-state index contributed by atoms with van der Waals surface area (Å²) in [7, 11) is 0. The molecule has 1 heterocycles. The van der Waals surface area contributed by atoms with Crippen molar-refractivity contribution in [1.29, 1.82) is 5.41 Å². The van der Waals surface area contributed by atoms with Gasteiger partial charge in [0.2, 0.25) is 0 Å². The number of likely N-dealkylation sites (tertiary alicyclic amines) is 1. The molecule has 1 aromatic rings. The predicted octanol–water partition coefficient (Wildman–Crippen LogP) is 1.31. The minimum Gasteiger partial charge on any atom is -0.392 e. The van der Waals surface area contributed by atoms with E-state index in [-0.39, 0.29) is 17.8 Å². The maximum Gasteiger partial charge on any atom is 0.124 e. The van der Waals surface area contributed by atoms with Crippen LogP contribution in [0.4, 0.5) is 4.39 Å². The SMILES string of the molecule is CC1CCN(Cc2cc(F)cc(C(=N)N)c2)CC1O. The number of hydrogen-bond acceptors (Lipinski definition) is 3. The van der Waals surface area contributed by atoms with Crippen LogP contribution in [0.3, 0.4) is 0 Å². The first-order valence-corrected chi connectivity index (χ1v) is 6.50. The number of nitrogens with two attached hydrogens (primary N) is 1. The van der Waals surface area contributed by atoms with Crippen LogP contribution in [-0.4, -0.2) is 35.0 Å². The molecule has 0 saturated carbocycles. The Morgan fingerprint density at radius 2 is 2.26 bits per heavy atom. The minimum atomic E-state index is -0.381. The number of amidine groups is 1. The van der Waals surface area contributed by atoms with Gasteiger partial charge in [0.25, 0.3) is 0 Å². The Hall–Kier alpha value is -1.46. The van der Waals surface area contributed by atoms with E-state index in [1.165, 1.54) is 12.1 Å². The Kier molecular flexibility index (Phi) is 4.17. The summed E-state index contributed by atoms with van der Waals surface area (Å²) in [5.41, 5.74) is 6.58. The second-order valence-electron chi connectivity index (χ2n) is 5.33. The number of rotatable bonds is 3. The Morgan fingerprint density at radius 3 is 2.89 bits per heavy atom. The number of piperidine rings is 1. The third-order valence-corrected chi connectivity index (χ3v) is 3.68. The maximum atomic E-state index is 13.5. The Bertz CT molecular complexity index is 478. The van der Waals surface area contributed by atoms with Gasteiger partial charge < -0.3 is 10.8 Å². The van der Waals surface area contributed by atoms with Crippen molar-refractivity contribution in [3.05, 3.63) is 35.1 Å². The predicted molar refractivity (Wildman–Crippen MR) is 72.5 cm³/mol. The van der Waals surface area contributed by atoms with E-state index in [0.717, 1.165) is 18.5 Å². The Labute approximate surface area is 112 Å². The molecule has 1 fully saturated rings. The quantitative estimate of drug-likeness (QED) is 0.570. The third kappa shape index (κ3) is 3.52. The lowest BCUT2D eigenvalue weighted by Crippen LogP contribution is -2.42. The molecular weight excluding hydrogens is 245 g/mol. The average Bonchev–Trinajstić information content (AvgIpc) is 2.33. The van der Waals surface area contributed by atoms with Crippen molar-refractivity contribution in [2.75, 3.05) is 13.1 Å². The molecule has 104 valence electrons. The zero-order chi connectivity index (χ0) is 14.0. The van der Waals surface area contributed by atoms with E-state index < -0.39 is 0 Å². The van der Waals surface area contributed by atoms with Crippen LogP contribution in [0.2, 0.25) is 0 Å². The van der Waals surface area contributed by atoms with Gasteiger partial charge in [-0.1, -0.05) is 6.92 Å². The topological polar surface area (TPSA) is 73.3 Å². The fourth-order valence-electron chi connectivity index (χ4n) is 2.41. The molecule has 2 rings (SSSR count). The number of benzene rings is 1. The molecule has 0 aliphatic carbocycles. The van der Waals surface area contributed by atoms with Crippen molar-refractivity contribution < 1.29 is 9.50 Å². The number of halogens is 1. The summed E-state index contributed by atoms with van der Waals surface area (Å²) in [6.07, 6.45) is 0.616. The van der Waals surface area contributed by atoms with Gasteiger partial charge in [-0.15, -0.1) is 0 Å². The average molecular weight is 265 g/mol. The molecule has 19 heavy (non-hydrogen) atoms. The van der Waals surface area contributed by atoms with Crippen molar-refractivity contribution in [2.45, 2.75) is 26.0 Å². The van der Waals surface area contributed by atoms with E-state index >= 15 is 0 Å². The maximum absolute atomic E-state index is 13.5. The molecule has 5 heteroatoms. The van der Waals surface area contributed by atoms with Gasteiger partial charge >= 0.3 is 0 Å². The van der Waals surface area contributed by atoms with Gasteiger partial charge in [-0.05, 0) is 42.6 Å². The largest absolute Gasteiger partial charge is 0.392 e. The second-order valence-corrected chi connectivity index (χ2v) is 5.33. The summed E-state index contributed by atoms with van der Waals surface area (Å²) in [5.74, 6) is -0.196. The molecule has 0 bridgehead atoms. The van der Waals surface area contributed by atoms with Gasteiger partial charge in [0, 0.05) is 18.7 Å². The molecule has 1 aromatic carbocycles. The third-order valence-electron chi connectivity index (χ3n) is 3.68. The molecule has 0 amide bonds. The van der Waals surface area contributed by atoms with E-state index in [4.69, 9.17) is 11.1 Å². The monoisotopic (exact) mass is 265 g/mol. The lowest BCUT2D eigenvalue weighted by molar-refractivity contribution is 0.0259.